The maximum atomic E-state index is 10.8. The fraction of sp³-hybridized carbons (Fsp3) is 0.455. The highest BCUT2D eigenvalue weighted by Crippen LogP contribution is 2.32. The van der Waals surface area contributed by atoms with E-state index in [0.29, 0.717) is 11.4 Å². The summed E-state index contributed by atoms with van der Waals surface area (Å²) in [5, 5.41) is 10.8. The van der Waals surface area contributed by atoms with Crippen LogP contribution in [0.25, 0.3) is 0 Å². The molecule has 0 amide bonds. The van der Waals surface area contributed by atoms with Gasteiger partial charge in [-0.25, -0.2) is 0 Å². The summed E-state index contributed by atoms with van der Waals surface area (Å²) in [4.78, 5) is 10.4. The van der Waals surface area contributed by atoms with Crippen molar-refractivity contribution in [3.05, 3.63) is 28.3 Å². The van der Waals surface area contributed by atoms with Crippen molar-refractivity contribution in [2.24, 2.45) is 0 Å². The molecule has 1 fully saturated rings. The van der Waals surface area contributed by atoms with E-state index in [1.54, 1.807) is 12.1 Å². The molecule has 0 unspecified atom stereocenters. The van der Waals surface area contributed by atoms with Gasteiger partial charge in [0.25, 0.3) is 0 Å². The zero-order valence-electron chi connectivity index (χ0n) is 8.89. The first kappa shape index (κ1) is 10.7. The SMILES string of the molecule is Nc1ccc(OC2CCCC2)c([N+](=O)[O-])c1. The molecule has 1 aliphatic rings. The number of nitrogens with zero attached hydrogens (tertiary/aromatic N) is 1. The van der Waals surface area contributed by atoms with E-state index in [0.717, 1.165) is 25.7 Å². The molecule has 0 spiro atoms. The summed E-state index contributed by atoms with van der Waals surface area (Å²) in [6.45, 7) is 0. The Hall–Kier alpha value is -1.78. The van der Waals surface area contributed by atoms with Crippen LogP contribution in [-0.4, -0.2) is 11.0 Å². The molecule has 1 saturated carbocycles. The first-order valence-corrected chi connectivity index (χ1v) is 5.37. The molecular formula is C11H14N2O3. The van der Waals surface area contributed by atoms with Crippen LogP contribution in [0.5, 0.6) is 5.75 Å². The number of benzene rings is 1. The molecule has 0 aromatic heterocycles. The van der Waals surface area contributed by atoms with E-state index in [4.69, 9.17) is 10.5 Å². The van der Waals surface area contributed by atoms with Crippen molar-refractivity contribution in [2.45, 2.75) is 31.8 Å². The lowest BCUT2D eigenvalue weighted by atomic mass is 10.2. The Kier molecular flexibility index (Phi) is 2.94. The molecule has 1 aromatic rings. The minimum Gasteiger partial charge on any atom is -0.484 e. The maximum absolute atomic E-state index is 10.8. The average Bonchev–Trinajstić information content (AvgIpc) is 2.73. The zero-order valence-corrected chi connectivity index (χ0v) is 8.89. The first-order valence-electron chi connectivity index (χ1n) is 5.37. The Morgan fingerprint density at radius 1 is 1.38 bits per heavy atom. The number of hydrogen-bond donors (Lipinski definition) is 1. The van der Waals surface area contributed by atoms with Gasteiger partial charge in [-0.3, -0.25) is 10.1 Å². The van der Waals surface area contributed by atoms with Gasteiger partial charge >= 0.3 is 5.69 Å². The molecule has 1 aliphatic carbocycles. The minimum atomic E-state index is -0.458. The average molecular weight is 222 g/mol. The van der Waals surface area contributed by atoms with Crippen LogP contribution in [0.1, 0.15) is 25.7 Å². The maximum Gasteiger partial charge on any atom is 0.312 e. The molecule has 0 radical (unpaired) electrons. The number of hydrogen-bond acceptors (Lipinski definition) is 4. The number of rotatable bonds is 3. The summed E-state index contributed by atoms with van der Waals surface area (Å²) >= 11 is 0. The van der Waals surface area contributed by atoms with Gasteiger partial charge in [-0.05, 0) is 37.8 Å². The van der Waals surface area contributed by atoms with Gasteiger partial charge in [0.1, 0.15) is 0 Å². The summed E-state index contributed by atoms with van der Waals surface area (Å²) in [6, 6.07) is 4.54. The van der Waals surface area contributed by atoms with Gasteiger partial charge in [-0.2, -0.15) is 0 Å². The Morgan fingerprint density at radius 2 is 2.06 bits per heavy atom. The molecule has 0 saturated heterocycles. The third kappa shape index (κ3) is 2.24. The number of nitro groups is 1. The third-order valence-electron chi connectivity index (χ3n) is 2.78. The van der Waals surface area contributed by atoms with Crippen molar-refractivity contribution < 1.29 is 9.66 Å². The van der Waals surface area contributed by atoms with Gasteiger partial charge in [0.05, 0.1) is 11.0 Å². The van der Waals surface area contributed by atoms with Crippen LogP contribution in [0, 0.1) is 10.1 Å². The van der Waals surface area contributed by atoms with Gasteiger partial charge in [-0.15, -0.1) is 0 Å². The largest absolute Gasteiger partial charge is 0.484 e. The van der Waals surface area contributed by atoms with Crippen molar-refractivity contribution in [2.75, 3.05) is 5.73 Å². The summed E-state index contributed by atoms with van der Waals surface area (Å²) in [5.74, 6) is 0.325. The summed E-state index contributed by atoms with van der Waals surface area (Å²) in [6.07, 6.45) is 4.33. The molecule has 0 heterocycles. The summed E-state index contributed by atoms with van der Waals surface area (Å²) in [5.41, 5.74) is 5.84. The van der Waals surface area contributed by atoms with Crippen molar-refractivity contribution in [3.63, 3.8) is 0 Å². The van der Waals surface area contributed by atoms with Crippen LogP contribution < -0.4 is 10.5 Å². The van der Waals surface area contributed by atoms with Crippen molar-refractivity contribution in [3.8, 4) is 5.75 Å². The van der Waals surface area contributed by atoms with Crippen LogP contribution in [-0.2, 0) is 0 Å². The smallest absolute Gasteiger partial charge is 0.312 e. The van der Waals surface area contributed by atoms with Crippen molar-refractivity contribution in [1.29, 1.82) is 0 Å². The first-order chi connectivity index (χ1) is 7.66. The summed E-state index contributed by atoms with van der Waals surface area (Å²) in [7, 11) is 0. The van der Waals surface area contributed by atoms with Gasteiger partial charge < -0.3 is 10.5 Å². The van der Waals surface area contributed by atoms with E-state index < -0.39 is 4.92 Å². The second-order valence-corrected chi connectivity index (χ2v) is 4.01. The Morgan fingerprint density at radius 3 is 2.69 bits per heavy atom. The lowest BCUT2D eigenvalue weighted by molar-refractivity contribution is -0.386. The molecule has 1 aromatic carbocycles. The molecule has 2 N–H and O–H groups in total. The molecular weight excluding hydrogens is 208 g/mol. The molecule has 0 bridgehead atoms. The number of ether oxygens (including phenoxy) is 1. The molecule has 5 nitrogen and oxygen atoms in total. The quantitative estimate of drug-likeness (QED) is 0.484. The molecule has 2 rings (SSSR count). The number of anilines is 1. The fourth-order valence-corrected chi connectivity index (χ4v) is 1.96. The highest BCUT2D eigenvalue weighted by molar-refractivity contribution is 5.56. The van der Waals surface area contributed by atoms with Gasteiger partial charge in [0.15, 0.2) is 5.75 Å². The normalized spacial score (nSPS) is 16.2. The second kappa shape index (κ2) is 4.38. The summed E-state index contributed by atoms with van der Waals surface area (Å²) < 4.78 is 5.63. The van der Waals surface area contributed by atoms with E-state index in [-0.39, 0.29) is 11.8 Å². The highest BCUT2D eigenvalue weighted by Gasteiger charge is 2.22. The van der Waals surface area contributed by atoms with Crippen LogP contribution in [0.4, 0.5) is 11.4 Å². The molecule has 0 atom stereocenters. The predicted octanol–water partition coefficient (Wildman–Crippen LogP) is 2.50. The number of nitrogens with two attached hydrogens (primary N) is 1. The van der Waals surface area contributed by atoms with E-state index >= 15 is 0 Å². The topological polar surface area (TPSA) is 78.4 Å². The van der Waals surface area contributed by atoms with Gasteiger partial charge in [-0.1, -0.05) is 0 Å². The third-order valence-corrected chi connectivity index (χ3v) is 2.78. The van der Waals surface area contributed by atoms with Crippen LogP contribution in [0.3, 0.4) is 0 Å². The van der Waals surface area contributed by atoms with Crippen LogP contribution in [0.15, 0.2) is 18.2 Å². The molecule has 5 heteroatoms. The zero-order chi connectivity index (χ0) is 11.5. The standard InChI is InChI=1S/C11H14N2O3/c12-8-5-6-11(10(7-8)13(14)15)16-9-3-1-2-4-9/h5-7,9H,1-4,12H2. The lowest BCUT2D eigenvalue weighted by Gasteiger charge is -2.12. The van der Waals surface area contributed by atoms with Gasteiger partial charge in [0.2, 0.25) is 0 Å². The van der Waals surface area contributed by atoms with Crippen molar-refractivity contribution >= 4 is 11.4 Å². The lowest BCUT2D eigenvalue weighted by Crippen LogP contribution is -2.12. The van der Waals surface area contributed by atoms with Crippen LogP contribution >= 0.6 is 0 Å². The highest BCUT2D eigenvalue weighted by atomic mass is 16.6. The number of nitrogen functional groups attached to an aromatic ring is 1. The van der Waals surface area contributed by atoms with E-state index in [2.05, 4.69) is 0 Å². The van der Waals surface area contributed by atoms with Gasteiger partial charge in [0, 0.05) is 11.8 Å². The Balaban J connectivity index is 2.21. The molecule has 16 heavy (non-hydrogen) atoms. The molecule has 86 valence electrons. The monoisotopic (exact) mass is 222 g/mol. The number of nitro benzene ring substituents is 1. The van der Waals surface area contributed by atoms with E-state index in [9.17, 15) is 10.1 Å². The fourth-order valence-electron chi connectivity index (χ4n) is 1.96. The second-order valence-electron chi connectivity index (χ2n) is 4.01. The van der Waals surface area contributed by atoms with E-state index in [1.165, 1.54) is 6.07 Å². The molecule has 0 aliphatic heterocycles. The predicted molar refractivity (Wildman–Crippen MR) is 60.4 cm³/mol. The van der Waals surface area contributed by atoms with E-state index in [1.807, 2.05) is 0 Å². The Bertz CT molecular complexity index is 400. The Labute approximate surface area is 93.4 Å². The van der Waals surface area contributed by atoms with Crippen LogP contribution in [0.2, 0.25) is 0 Å². The van der Waals surface area contributed by atoms with Crippen molar-refractivity contribution in [1.82, 2.24) is 0 Å². The minimum absolute atomic E-state index is 0.0492.